The highest BCUT2D eigenvalue weighted by Gasteiger charge is 2.29. The second kappa shape index (κ2) is 10.4. The molecule has 170 valence electrons. The number of unbranched alkanes of at least 4 members (excludes halogenated alkanes) is 1. The van der Waals surface area contributed by atoms with E-state index < -0.39 is 6.04 Å². The number of hydrogen-bond donors (Lipinski definition) is 0. The van der Waals surface area contributed by atoms with Crippen molar-refractivity contribution in [2.45, 2.75) is 53.0 Å². The van der Waals surface area contributed by atoms with Gasteiger partial charge < -0.3 is 9.64 Å². The van der Waals surface area contributed by atoms with Crippen molar-refractivity contribution in [1.29, 1.82) is 0 Å². The van der Waals surface area contributed by atoms with Crippen LogP contribution in [0.15, 0.2) is 42.7 Å². The first-order valence-corrected chi connectivity index (χ1v) is 11.2. The molecule has 32 heavy (non-hydrogen) atoms. The number of fused-ring (bicyclic) bond motifs is 1. The molecule has 7 nitrogen and oxygen atoms in total. The van der Waals surface area contributed by atoms with E-state index in [-0.39, 0.29) is 17.8 Å². The van der Waals surface area contributed by atoms with Crippen LogP contribution in [-0.4, -0.2) is 51.0 Å². The summed E-state index contributed by atoms with van der Waals surface area (Å²) in [7, 11) is 1.67. The Morgan fingerprint density at radius 3 is 2.53 bits per heavy atom. The molecule has 0 saturated heterocycles. The van der Waals surface area contributed by atoms with E-state index in [0.29, 0.717) is 18.6 Å². The minimum atomic E-state index is -0.605. The highest BCUT2D eigenvalue weighted by atomic mass is 16.5. The van der Waals surface area contributed by atoms with E-state index in [4.69, 9.17) is 4.74 Å². The molecule has 7 heteroatoms. The van der Waals surface area contributed by atoms with Crippen molar-refractivity contribution in [3.05, 3.63) is 54.1 Å². The van der Waals surface area contributed by atoms with Crippen molar-refractivity contribution >= 4 is 22.9 Å². The number of aryl methyl sites for hydroxylation is 1. The molecule has 1 atom stereocenters. The molecule has 0 aliphatic rings. The lowest BCUT2D eigenvalue weighted by atomic mass is 10.0. The van der Waals surface area contributed by atoms with Crippen molar-refractivity contribution in [1.82, 2.24) is 19.4 Å². The van der Waals surface area contributed by atoms with Gasteiger partial charge in [-0.1, -0.05) is 27.2 Å². The van der Waals surface area contributed by atoms with Crippen molar-refractivity contribution < 1.29 is 14.3 Å². The maximum absolute atomic E-state index is 13.2. The average molecular weight is 437 g/mol. The average Bonchev–Trinajstić information content (AvgIpc) is 3.12. The fourth-order valence-electron chi connectivity index (χ4n) is 3.75. The maximum atomic E-state index is 13.2. The van der Waals surface area contributed by atoms with E-state index in [9.17, 15) is 9.59 Å². The van der Waals surface area contributed by atoms with Gasteiger partial charge in [0.05, 0.1) is 18.3 Å². The number of pyridine rings is 1. The van der Waals surface area contributed by atoms with Gasteiger partial charge in [-0.05, 0) is 56.0 Å². The summed E-state index contributed by atoms with van der Waals surface area (Å²) in [6.45, 7) is 8.44. The molecule has 2 heterocycles. The van der Waals surface area contributed by atoms with Crippen LogP contribution in [0.25, 0.3) is 16.7 Å². The predicted molar refractivity (Wildman–Crippen MR) is 125 cm³/mol. The first-order chi connectivity index (χ1) is 15.3. The largest absolute Gasteiger partial charge is 0.464 e. The third-order valence-electron chi connectivity index (χ3n) is 5.49. The molecule has 1 aromatic carbocycles. The minimum Gasteiger partial charge on any atom is -0.464 e. The van der Waals surface area contributed by atoms with Crippen molar-refractivity contribution in [2.24, 2.45) is 5.92 Å². The Balaban J connectivity index is 1.81. The van der Waals surface area contributed by atoms with Gasteiger partial charge in [0.15, 0.2) is 0 Å². The summed E-state index contributed by atoms with van der Waals surface area (Å²) in [4.78, 5) is 36.0. The Hall–Kier alpha value is -3.22. The quantitative estimate of drug-likeness (QED) is 0.363. The fraction of sp³-hybridized carbons (Fsp3) is 0.440. The predicted octanol–water partition coefficient (Wildman–Crippen LogP) is 4.56. The number of benzene rings is 1. The molecule has 0 spiro atoms. The van der Waals surface area contributed by atoms with Gasteiger partial charge in [-0.2, -0.15) is 0 Å². The molecule has 0 radical (unpaired) electrons. The van der Waals surface area contributed by atoms with Crippen molar-refractivity contribution in [2.75, 3.05) is 13.7 Å². The first-order valence-electron chi connectivity index (χ1n) is 11.2. The van der Waals surface area contributed by atoms with Crippen LogP contribution in [0.1, 0.15) is 56.2 Å². The zero-order chi connectivity index (χ0) is 23.3. The second-order valence-electron chi connectivity index (χ2n) is 8.49. The van der Waals surface area contributed by atoms with Gasteiger partial charge >= 0.3 is 5.97 Å². The zero-order valence-electron chi connectivity index (χ0n) is 19.5. The molecule has 0 saturated carbocycles. The molecular weight excluding hydrogens is 404 g/mol. The molecule has 0 bridgehead atoms. The SMILES string of the molecule is CCCCOC(=O)[C@H](CC(C)C)N(C)C(=O)c1ccc(-n2c(C)nc3cnccc32)cc1. The van der Waals surface area contributed by atoms with E-state index in [1.54, 1.807) is 31.6 Å². The number of hydrogen-bond acceptors (Lipinski definition) is 5. The number of amides is 1. The van der Waals surface area contributed by atoms with Gasteiger partial charge in [-0.25, -0.2) is 9.78 Å². The summed E-state index contributed by atoms with van der Waals surface area (Å²) in [5, 5.41) is 0. The number of nitrogens with zero attached hydrogens (tertiary/aromatic N) is 4. The molecular formula is C25H32N4O3. The normalized spacial score (nSPS) is 12.2. The summed E-state index contributed by atoms with van der Waals surface area (Å²) in [5.74, 6) is 0.555. The monoisotopic (exact) mass is 436 g/mol. The zero-order valence-corrected chi connectivity index (χ0v) is 19.5. The van der Waals surface area contributed by atoms with Gasteiger partial charge in [0.1, 0.15) is 17.4 Å². The second-order valence-corrected chi connectivity index (χ2v) is 8.49. The van der Waals surface area contributed by atoms with Crippen LogP contribution in [0.2, 0.25) is 0 Å². The van der Waals surface area contributed by atoms with Gasteiger partial charge in [0, 0.05) is 24.5 Å². The molecule has 3 rings (SSSR count). The molecule has 0 N–H and O–H groups in total. The number of esters is 1. The van der Waals surface area contributed by atoms with Crippen LogP contribution in [-0.2, 0) is 9.53 Å². The Morgan fingerprint density at radius 2 is 1.88 bits per heavy atom. The maximum Gasteiger partial charge on any atom is 0.328 e. The summed E-state index contributed by atoms with van der Waals surface area (Å²) < 4.78 is 7.46. The van der Waals surface area contributed by atoms with Crippen LogP contribution in [0.4, 0.5) is 0 Å². The smallest absolute Gasteiger partial charge is 0.328 e. The van der Waals surface area contributed by atoms with Crippen LogP contribution in [0.5, 0.6) is 0 Å². The topological polar surface area (TPSA) is 77.3 Å². The van der Waals surface area contributed by atoms with E-state index in [2.05, 4.69) is 9.97 Å². The number of carbonyl (C=O) groups is 2. The van der Waals surface area contributed by atoms with Crippen LogP contribution in [0.3, 0.4) is 0 Å². The minimum absolute atomic E-state index is 0.203. The molecule has 0 unspecified atom stereocenters. The highest BCUT2D eigenvalue weighted by Crippen LogP contribution is 2.22. The van der Waals surface area contributed by atoms with Crippen LogP contribution >= 0.6 is 0 Å². The number of carbonyl (C=O) groups excluding carboxylic acids is 2. The summed E-state index contributed by atoms with van der Waals surface area (Å²) in [6, 6.07) is 8.68. The molecule has 0 aliphatic carbocycles. The Bertz CT molecular complexity index is 1070. The fourth-order valence-corrected chi connectivity index (χ4v) is 3.75. The molecule has 1 amide bonds. The van der Waals surface area contributed by atoms with Gasteiger partial charge in [0.25, 0.3) is 5.91 Å². The standard InChI is InChI=1S/C25H32N4O3/c1-6-7-14-32-25(31)23(15-17(2)3)28(5)24(30)19-8-10-20(11-9-19)29-18(4)27-21-16-26-13-12-22(21)29/h8-13,16-17,23H,6-7,14-15H2,1-5H3/t23-/m0/s1. The number of aromatic nitrogens is 3. The van der Waals surface area contributed by atoms with Gasteiger partial charge in [-0.3, -0.25) is 14.3 Å². The van der Waals surface area contributed by atoms with Crippen LogP contribution < -0.4 is 0 Å². The van der Waals surface area contributed by atoms with E-state index in [0.717, 1.165) is 35.4 Å². The Kier molecular flexibility index (Phi) is 7.62. The van der Waals surface area contributed by atoms with Gasteiger partial charge in [-0.15, -0.1) is 0 Å². The molecule has 0 fully saturated rings. The molecule has 0 aliphatic heterocycles. The van der Waals surface area contributed by atoms with Gasteiger partial charge in [0.2, 0.25) is 0 Å². The van der Waals surface area contributed by atoms with E-state index in [1.165, 1.54) is 4.90 Å². The number of imidazole rings is 1. The Labute approximate surface area is 189 Å². The lowest BCUT2D eigenvalue weighted by Gasteiger charge is -2.28. The van der Waals surface area contributed by atoms with Crippen molar-refractivity contribution in [3.63, 3.8) is 0 Å². The molecule has 3 aromatic rings. The highest BCUT2D eigenvalue weighted by molar-refractivity contribution is 5.96. The summed E-state index contributed by atoms with van der Waals surface area (Å²) in [5.41, 5.74) is 3.21. The van der Waals surface area contributed by atoms with Crippen molar-refractivity contribution in [3.8, 4) is 5.69 Å². The third-order valence-corrected chi connectivity index (χ3v) is 5.49. The Morgan fingerprint density at radius 1 is 1.16 bits per heavy atom. The lowest BCUT2D eigenvalue weighted by molar-refractivity contribution is -0.149. The number of rotatable bonds is 9. The van der Waals surface area contributed by atoms with E-state index in [1.807, 2.05) is 50.5 Å². The lowest BCUT2D eigenvalue weighted by Crippen LogP contribution is -2.44. The summed E-state index contributed by atoms with van der Waals surface area (Å²) >= 11 is 0. The summed E-state index contributed by atoms with van der Waals surface area (Å²) in [6.07, 6.45) is 5.80. The number of ether oxygens (including phenoxy) is 1. The molecule has 2 aromatic heterocycles. The van der Waals surface area contributed by atoms with Crippen LogP contribution in [0, 0.1) is 12.8 Å². The third kappa shape index (κ3) is 5.15. The first kappa shape index (κ1) is 23.4. The van der Waals surface area contributed by atoms with E-state index >= 15 is 0 Å². The number of likely N-dealkylation sites (N-methyl/N-ethyl adjacent to an activating group) is 1.